The molecule has 2 rings (SSSR count). The number of halogens is 1. The second-order valence-electron chi connectivity index (χ2n) is 6.02. The molecule has 0 unspecified atom stereocenters. The summed E-state index contributed by atoms with van der Waals surface area (Å²) < 4.78 is 6.81. The molecule has 0 aliphatic carbocycles. The van der Waals surface area contributed by atoms with Gasteiger partial charge in [-0.05, 0) is 104 Å². The number of ether oxygens (including phenoxy) is 1. The Labute approximate surface area is 167 Å². The van der Waals surface area contributed by atoms with Crippen molar-refractivity contribution in [2.45, 2.75) is 33.8 Å². The summed E-state index contributed by atoms with van der Waals surface area (Å²) in [7, 11) is 0. The van der Waals surface area contributed by atoms with Gasteiger partial charge >= 0.3 is 0 Å². The molecule has 0 spiro atoms. The van der Waals surface area contributed by atoms with Crippen molar-refractivity contribution in [3.8, 4) is 5.75 Å². The smallest absolute Gasteiger partial charge is 0.257 e. The molecule has 0 bridgehead atoms. The number of benzene rings is 2. The van der Waals surface area contributed by atoms with Gasteiger partial charge in [0, 0.05) is 14.8 Å². The highest BCUT2D eigenvalue weighted by molar-refractivity contribution is 14.1. The van der Waals surface area contributed by atoms with Gasteiger partial charge in [-0.2, -0.15) is 0 Å². The van der Waals surface area contributed by atoms with Gasteiger partial charge in [-0.15, -0.1) is 0 Å². The predicted molar refractivity (Wildman–Crippen MR) is 115 cm³/mol. The maximum atomic E-state index is 12.4. The maximum absolute atomic E-state index is 12.4. The lowest BCUT2D eigenvalue weighted by atomic mass is 10.1. The van der Waals surface area contributed by atoms with Crippen LogP contribution < -0.4 is 15.4 Å². The zero-order valence-electron chi connectivity index (χ0n) is 14.6. The van der Waals surface area contributed by atoms with Crippen LogP contribution in [0.1, 0.15) is 35.3 Å². The van der Waals surface area contributed by atoms with Crippen LogP contribution in [0.2, 0.25) is 0 Å². The SMILES string of the molecule is Cc1cc(NC(=S)NC(=O)c2cccc(OC(C)C)c2)c(C)cc1I. The highest BCUT2D eigenvalue weighted by Crippen LogP contribution is 2.22. The van der Waals surface area contributed by atoms with E-state index in [2.05, 4.69) is 39.3 Å². The van der Waals surface area contributed by atoms with Crippen LogP contribution in [0.15, 0.2) is 36.4 Å². The van der Waals surface area contributed by atoms with Crippen molar-refractivity contribution in [3.63, 3.8) is 0 Å². The highest BCUT2D eigenvalue weighted by atomic mass is 127. The quantitative estimate of drug-likeness (QED) is 0.499. The van der Waals surface area contributed by atoms with Crippen molar-refractivity contribution in [2.75, 3.05) is 5.32 Å². The zero-order chi connectivity index (χ0) is 18.6. The Hall–Kier alpha value is -1.67. The molecule has 132 valence electrons. The Morgan fingerprint density at radius 2 is 1.88 bits per heavy atom. The van der Waals surface area contributed by atoms with Crippen LogP contribution in [-0.2, 0) is 0 Å². The number of carbonyl (C=O) groups is 1. The highest BCUT2D eigenvalue weighted by Gasteiger charge is 2.11. The molecule has 4 nitrogen and oxygen atoms in total. The third kappa shape index (κ3) is 5.67. The third-order valence-electron chi connectivity index (χ3n) is 3.45. The zero-order valence-corrected chi connectivity index (χ0v) is 17.6. The molecule has 0 saturated carbocycles. The molecule has 0 aromatic heterocycles. The number of hydrogen-bond donors (Lipinski definition) is 2. The van der Waals surface area contributed by atoms with Gasteiger partial charge < -0.3 is 10.1 Å². The first-order chi connectivity index (χ1) is 11.8. The molecule has 2 N–H and O–H groups in total. The van der Waals surface area contributed by atoms with Crippen molar-refractivity contribution in [3.05, 3.63) is 56.7 Å². The van der Waals surface area contributed by atoms with Crippen molar-refractivity contribution in [2.24, 2.45) is 0 Å². The van der Waals surface area contributed by atoms with Gasteiger partial charge in [0.15, 0.2) is 5.11 Å². The Morgan fingerprint density at radius 3 is 2.56 bits per heavy atom. The maximum Gasteiger partial charge on any atom is 0.257 e. The lowest BCUT2D eigenvalue weighted by Gasteiger charge is -2.14. The van der Waals surface area contributed by atoms with Crippen molar-refractivity contribution in [1.29, 1.82) is 0 Å². The first-order valence-corrected chi connectivity index (χ1v) is 9.40. The van der Waals surface area contributed by atoms with Crippen LogP contribution in [0.3, 0.4) is 0 Å². The van der Waals surface area contributed by atoms with Gasteiger partial charge in [0.05, 0.1) is 6.10 Å². The monoisotopic (exact) mass is 468 g/mol. The Bertz CT molecular complexity index is 806. The van der Waals surface area contributed by atoms with E-state index in [-0.39, 0.29) is 17.1 Å². The van der Waals surface area contributed by atoms with E-state index in [1.807, 2.05) is 39.8 Å². The van der Waals surface area contributed by atoms with Gasteiger partial charge in [0.2, 0.25) is 0 Å². The second kappa shape index (κ2) is 8.62. The van der Waals surface area contributed by atoms with Crippen LogP contribution >= 0.6 is 34.8 Å². The fraction of sp³-hybridized carbons (Fsp3) is 0.263. The van der Waals surface area contributed by atoms with E-state index >= 15 is 0 Å². The van der Waals surface area contributed by atoms with Crippen molar-refractivity contribution >= 4 is 51.5 Å². The van der Waals surface area contributed by atoms with Crippen LogP contribution in [0, 0.1) is 17.4 Å². The molecule has 25 heavy (non-hydrogen) atoms. The first kappa shape index (κ1) is 19.7. The number of anilines is 1. The summed E-state index contributed by atoms with van der Waals surface area (Å²) in [6, 6.07) is 11.1. The third-order valence-corrected chi connectivity index (χ3v) is 4.82. The number of rotatable bonds is 4. The van der Waals surface area contributed by atoms with E-state index in [4.69, 9.17) is 17.0 Å². The largest absolute Gasteiger partial charge is 0.491 e. The summed E-state index contributed by atoms with van der Waals surface area (Å²) in [4.78, 5) is 12.4. The minimum atomic E-state index is -0.272. The fourth-order valence-corrected chi connectivity index (χ4v) is 3.05. The summed E-state index contributed by atoms with van der Waals surface area (Å²) in [5, 5.41) is 6.07. The molecule has 6 heteroatoms. The summed E-state index contributed by atoms with van der Waals surface area (Å²) in [5.74, 6) is 0.386. The first-order valence-electron chi connectivity index (χ1n) is 7.92. The topological polar surface area (TPSA) is 50.4 Å². The molecular formula is C19H21IN2O2S. The van der Waals surface area contributed by atoms with E-state index in [9.17, 15) is 4.79 Å². The van der Waals surface area contributed by atoms with Gasteiger partial charge in [0.25, 0.3) is 5.91 Å². The van der Waals surface area contributed by atoms with Gasteiger partial charge in [-0.3, -0.25) is 10.1 Å². The van der Waals surface area contributed by atoms with Crippen molar-refractivity contribution < 1.29 is 9.53 Å². The minimum Gasteiger partial charge on any atom is -0.491 e. The second-order valence-corrected chi connectivity index (χ2v) is 7.59. The molecular weight excluding hydrogens is 447 g/mol. The minimum absolute atomic E-state index is 0.0492. The molecule has 0 saturated heterocycles. The van der Waals surface area contributed by atoms with Gasteiger partial charge in [-0.1, -0.05) is 6.07 Å². The molecule has 2 aromatic carbocycles. The molecule has 0 fully saturated rings. The van der Waals surface area contributed by atoms with Gasteiger partial charge in [-0.25, -0.2) is 0 Å². The Morgan fingerprint density at radius 1 is 1.16 bits per heavy atom. The summed E-state index contributed by atoms with van der Waals surface area (Å²) in [5.41, 5.74) is 3.61. The van der Waals surface area contributed by atoms with Crippen LogP contribution in [0.5, 0.6) is 5.75 Å². The molecule has 0 atom stereocenters. The van der Waals surface area contributed by atoms with Crippen molar-refractivity contribution in [1.82, 2.24) is 5.32 Å². The average Bonchev–Trinajstić information content (AvgIpc) is 2.52. The summed E-state index contributed by atoms with van der Waals surface area (Å²) in [6.07, 6.45) is 0.0492. The molecule has 0 heterocycles. The molecule has 1 amide bonds. The van der Waals surface area contributed by atoms with Gasteiger partial charge in [0.1, 0.15) is 5.75 Å². The number of hydrogen-bond acceptors (Lipinski definition) is 3. The molecule has 0 aliphatic rings. The van der Waals surface area contributed by atoms with Crippen LogP contribution in [0.25, 0.3) is 0 Å². The van der Waals surface area contributed by atoms with E-state index in [0.29, 0.717) is 11.3 Å². The molecule has 0 radical (unpaired) electrons. The molecule has 0 aliphatic heterocycles. The van der Waals surface area contributed by atoms with Crippen LogP contribution in [0.4, 0.5) is 5.69 Å². The van der Waals surface area contributed by atoms with Crippen LogP contribution in [-0.4, -0.2) is 17.1 Å². The van der Waals surface area contributed by atoms with E-state index in [1.165, 1.54) is 3.57 Å². The summed E-state index contributed by atoms with van der Waals surface area (Å²) in [6.45, 7) is 7.92. The molecule has 2 aromatic rings. The van der Waals surface area contributed by atoms with E-state index < -0.39 is 0 Å². The van der Waals surface area contributed by atoms with E-state index in [1.54, 1.807) is 18.2 Å². The summed E-state index contributed by atoms with van der Waals surface area (Å²) >= 11 is 7.57. The average molecular weight is 468 g/mol. The fourth-order valence-electron chi connectivity index (χ4n) is 2.23. The lowest BCUT2D eigenvalue weighted by molar-refractivity contribution is 0.0977. The standard InChI is InChI=1S/C19H21IN2O2S/c1-11(2)24-15-7-5-6-14(10-15)18(23)22-19(25)21-17-9-12(3)16(20)8-13(17)4/h5-11H,1-4H3,(H2,21,22,23,25). The number of aryl methyl sites for hydroxylation is 2. The number of thiocarbonyl (C=S) groups is 1. The number of amides is 1. The number of nitrogens with one attached hydrogen (secondary N) is 2. The predicted octanol–water partition coefficient (Wildman–Crippen LogP) is 4.82. The Balaban J connectivity index is 2.05. The van der Waals surface area contributed by atoms with E-state index in [0.717, 1.165) is 16.8 Å². The Kier molecular flexibility index (Phi) is 6.78. The number of carbonyl (C=O) groups excluding carboxylic acids is 1. The lowest BCUT2D eigenvalue weighted by Crippen LogP contribution is -2.34. The normalized spacial score (nSPS) is 10.5.